The Morgan fingerprint density at radius 2 is 2.04 bits per heavy atom. The van der Waals surface area contributed by atoms with Gasteiger partial charge in [0.2, 0.25) is 5.91 Å². The minimum Gasteiger partial charge on any atom is -0.346 e. The molecule has 2 unspecified atom stereocenters. The summed E-state index contributed by atoms with van der Waals surface area (Å²) in [6.45, 7) is 6.35. The first-order chi connectivity index (χ1) is 11.6. The number of imidazole rings is 1. The molecule has 3 N–H and O–H groups in total. The molecule has 24 heavy (non-hydrogen) atoms. The molecule has 0 radical (unpaired) electrons. The monoisotopic (exact) mass is 326 g/mol. The number of nitrogens with one attached hydrogen (secondary N) is 3. The summed E-state index contributed by atoms with van der Waals surface area (Å²) in [4.78, 5) is 20.9. The molecule has 2 heterocycles. The fourth-order valence-electron chi connectivity index (χ4n) is 4.12. The van der Waals surface area contributed by atoms with E-state index in [9.17, 15) is 4.79 Å². The van der Waals surface area contributed by atoms with Gasteiger partial charge in [-0.1, -0.05) is 26.0 Å². The molecule has 1 aromatic heterocycles. The predicted molar refractivity (Wildman–Crippen MR) is 94.5 cm³/mol. The summed E-state index contributed by atoms with van der Waals surface area (Å²) in [5.74, 6) is 1.54. The third kappa shape index (κ3) is 2.71. The van der Waals surface area contributed by atoms with Crippen LogP contribution in [0.25, 0.3) is 11.0 Å². The molecule has 5 nitrogen and oxygen atoms in total. The van der Waals surface area contributed by atoms with Gasteiger partial charge in [0.05, 0.1) is 17.1 Å². The van der Waals surface area contributed by atoms with Gasteiger partial charge in [-0.2, -0.15) is 0 Å². The van der Waals surface area contributed by atoms with E-state index < -0.39 is 0 Å². The number of nitrogens with zero attached hydrogens (tertiary/aromatic N) is 1. The molecule has 5 heteroatoms. The van der Waals surface area contributed by atoms with Crippen LogP contribution >= 0.6 is 0 Å². The summed E-state index contributed by atoms with van der Waals surface area (Å²) in [6.07, 6.45) is 3.30. The maximum atomic E-state index is 12.8. The van der Waals surface area contributed by atoms with E-state index in [0.717, 1.165) is 49.2 Å². The van der Waals surface area contributed by atoms with E-state index in [1.165, 1.54) is 0 Å². The number of aromatic amines is 1. The maximum absolute atomic E-state index is 12.8. The number of rotatable bonds is 4. The summed E-state index contributed by atoms with van der Waals surface area (Å²) in [5.41, 5.74) is 2.24. The highest BCUT2D eigenvalue weighted by molar-refractivity contribution is 5.83. The molecule has 1 saturated carbocycles. The molecule has 1 spiro atoms. The molecule has 1 amide bonds. The average molecular weight is 326 g/mol. The lowest BCUT2D eigenvalue weighted by molar-refractivity contribution is -0.124. The first-order valence-corrected chi connectivity index (χ1v) is 9.05. The van der Waals surface area contributed by atoms with Crippen molar-refractivity contribution in [3.8, 4) is 0 Å². The number of hydrogen-bond donors (Lipinski definition) is 3. The standard InChI is InChI=1S/C19H26N4O/c1-12(2)16(17-21-14-5-3-4-6-15(14)22-17)23-18(24)13-11-19(13)7-9-20-10-8-19/h3-6,12-13,16,20H,7-11H2,1-2H3,(H,21,22)(H,23,24). The van der Waals surface area contributed by atoms with E-state index in [4.69, 9.17) is 4.98 Å². The van der Waals surface area contributed by atoms with Crippen molar-refractivity contribution >= 4 is 16.9 Å². The van der Waals surface area contributed by atoms with E-state index in [1.807, 2.05) is 24.3 Å². The molecule has 2 aromatic rings. The van der Waals surface area contributed by atoms with Crippen LogP contribution in [0.15, 0.2) is 24.3 Å². The van der Waals surface area contributed by atoms with Gasteiger partial charge in [-0.15, -0.1) is 0 Å². The minimum atomic E-state index is -0.0655. The number of fused-ring (bicyclic) bond motifs is 1. The number of aromatic nitrogens is 2. The summed E-state index contributed by atoms with van der Waals surface area (Å²) < 4.78 is 0. The van der Waals surface area contributed by atoms with E-state index in [2.05, 4.69) is 29.5 Å². The van der Waals surface area contributed by atoms with E-state index in [-0.39, 0.29) is 29.2 Å². The Labute approximate surface area is 142 Å². The second kappa shape index (κ2) is 5.88. The zero-order valence-corrected chi connectivity index (χ0v) is 14.4. The van der Waals surface area contributed by atoms with Crippen molar-refractivity contribution < 1.29 is 4.79 Å². The highest BCUT2D eigenvalue weighted by Gasteiger charge is 2.57. The molecular weight excluding hydrogens is 300 g/mol. The highest BCUT2D eigenvalue weighted by atomic mass is 16.2. The Hall–Kier alpha value is -1.88. The predicted octanol–water partition coefficient (Wildman–Crippen LogP) is 2.77. The van der Waals surface area contributed by atoms with Crippen molar-refractivity contribution in [1.82, 2.24) is 20.6 Å². The number of amides is 1. The van der Waals surface area contributed by atoms with Gasteiger partial charge < -0.3 is 15.6 Å². The van der Waals surface area contributed by atoms with Crippen LogP contribution in [0.5, 0.6) is 0 Å². The Morgan fingerprint density at radius 3 is 2.75 bits per heavy atom. The zero-order chi connectivity index (χ0) is 16.7. The molecular formula is C19H26N4O. The number of H-pyrrole nitrogens is 1. The molecule has 2 atom stereocenters. The molecule has 1 aliphatic carbocycles. The van der Waals surface area contributed by atoms with Crippen LogP contribution < -0.4 is 10.6 Å². The lowest BCUT2D eigenvalue weighted by Crippen LogP contribution is -2.37. The summed E-state index contributed by atoms with van der Waals surface area (Å²) in [7, 11) is 0. The van der Waals surface area contributed by atoms with Crippen LogP contribution in [0.4, 0.5) is 0 Å². The van der Waals surface area contributed by atoms with Gasteiger partial charge >= 0.3 is 0 Å². The third-order valence-electron chi connectivity index (χ3n) is 5.77. The lowest BCUT2D eigenvalue weighted by Gasteiger charge is -2.25. The van der Waals surface area contributed by atoms with Crippen molar-refractivity contribution in [2.45, 2.75) is 39.2 Å². The highest BCUT2D eigenvalue weighted by Crippen LogP contribution is 2.58. The van der Waals surface area contributed by atoms with Crippen molar-refractivity contribution in [1.29, 1.82) is 0 Å². The Morgan fingerprint density at radius 1 is 1.29 bits per heavy atom. The number of carbonyl (C=O) groups excluding carboxylic acids is 1. The van der Waals surface area contributed by atoms with E-state index in [1.54, 1.807) is 0 Å². The van der Waals surface area contributed by atoms with Gasteiger partial charge in [0.1, 0.15) is 5.82 Å². The number of hydrogen-bond acceptors (Lipinski definition) is 3. The maximum Gasteiger partial charge on any atom is 0.224 e. The zero-order valence-electron chi connectivity index (χ0n) is 14.4. The second-order valence-corrected chi connectivity index (χ2v) is 7.74. The van der Waals surface area contributed by atoms with Gasteiger partial charge in [-0.3, -0.25) is 4.79 Å². The molecule has 0 bridgehead atoms. The molecule has 2 fully saturated rings. The molecule has 1 aliphatic heterocycles. The van der Waals surface area contributed by atoms with Crippen molar-refractivity contribution in [3.05, 3.63) is 30.1 Å². The SMILES string of the molecule is CC(C)C(NC(=O)C1CC12CCNCC2)c1nc2ccccc2[nH]1. The number of carbonyl (C=O) groups is 1. The first kappa shape index (κ1) is 15.6. The van der Waals surface area contributed by atoms with Gasteiger partial charge in [0.25, 0.3) is 0 Å². The minimum absolute atomic E-state index is 0.0655. The number of benzene rings is 1. The second-order valence-electron chi connectivity index (χ2n) is 7.74. The fourth-order valence-corrected chi connectivity index (χ4v) is 4.12. The van der Waals surface area contributed by atoms with Crippen molar-refractivity contribution in [2.24, 2.45) is 17.3 Å². The lowest BCUT2D eigenvalue weighted by atomic mass is 9.91. The topological polar surface area (TPSA) is 69.8 Å². The van der Waals surface area contributed by atoms with Crippen LogP contribution in [0, 0.1) is 17.3 Å². The fraction of sp³-hybridized carbons (Fsp3) is 0.579. The van der Waals surface area contributed by atoms with Crippen LogP contribution in [-0.2, 0) is 4.79 Å². The van der Waals surface area contributed by atoms with Crippen LogP contribution in [0.3, 0.4) is 0 Å². The van der Waals surface area contributed by atoms with Crippen molar-refractivity contribution in [3.63, 3.8) is 0 Å². The summed E-state index contributed by atoms with van der Waals surface area (Å²) in [5, 5.41) is 6.67. The van der Waals surface area contributed by atoms with E-state index >= 15 is 0 Å². The molecule has 2 aliphatic rings. The Bertz CT molecular complexity index is 712. The number of piperidine rings is 1. The average Bonchev–Trinajstić information content (AvgIpc) is 3.09. The van der Waals surface area contributed by atoms with Crippen LogP contribution in [0.1, 0.15) is 45.0 Å². The Balaban J connectivity index is 1.50. The van der Waals surface area contributed by atoms with Gasteiger partial charge in [0.15, 0.2) is 0 Å². The largest absolute Gasteiger partial charge is 0.346 e. The first-order valence-electron chi connectivity index (χ1n) is 9.05. The van der Waals surface area contributed by atoms with Gasteiger partial charge in [-0.05, 0) is 55.8 Å². The van der Waals surface area contributed by atoms with Crippen LogP contribution in [0.2, 0.25) is 0 Å². The van der Waals surface area contributed by atoms with Gasteiger partial charge in [-0.25, -0.2) is 4.98 Å². The Kier molecular flexibility index (Phi) is 3.83. The van der Waals surface area contributed by atoms with Crippen LogP contribution in [-0.4, -0.2) is 29.0 Å². The third-order valence-corrected chi connectivity index (χ3v) is 5.77. The normalized spacial score (nSPS) is 23.5. The number of para-hydroxylation sites is 2. The summed E-state index contributed by atoms with van der Waals surface area (Å²) >= 11 is 0. The molecule has 1 aromatic carbocycles. The molecule has 1 saturated heterocycles. The summed E-state index contributed by atoms with van der Waals surface area (Å²) in [6, 6.07) is 7.94. The smallest absolute Gasteiger partial charge is 0.224 e. The quantitative estimate of drug-likeness (QED) is 0.809. The molecule has 128 valence electrons. The molecule has 4 rings (SSSR count). The van der Waals surface area contributed by atoms with Crippen molar-refractivity contribution in [2.75, 3.05) is 13.1 Å². The van der Waals surface area contributed by atoms with Gasteiger partial charge in [0, 0.05) is 5.92 Å². The van der Waals surface area contributed by atoms with E-state index in [0.29, 0.717) is 0 Å².